The van der Waals surface area contributed by atoms with Crippen LogP contribution in [0.5, 0.6) is 0 Å². The molecule has 0 fully saturated rings. The summed E-state index contributed by atoms with van der Waals surface area (Å²) < 4.78 is 0. The molecule has 5 nitrogen and oxygen atoms in total. The average Bonchev–Trinajstić information content (AvgIpc) is 2.39. The third kappa shape index (κ3) is 3.51. The standard InChI is InChI=1S/C13H13N3O2S/c1-8(2)10-6-12(16-7-15-10)19-11-5-9(13(17)18)3-4-14-11/h3-8H,1-2H3,(H,17,18). The van der Waals surface area contributed by atoms with E-state index in [-0.39, 0.29) is 5.56 Å². The molecule has 6 heteroatoms. The van der Waals surface area contributed by atoms with Gasteiger partial charge in [0.05, 0.1) is 5.56 Å². The first kappa shape index (κ1) is 13.5. The van der Waals surface area contributed by atoms with E-state index in [0.717, 1.165) is 10.7 Å². The first-order chi connectivity index (χ1) is 9.06. The molecule has 0 radical (unpaired) electrons. The number of aromatic carboxylic acids is 1. The van der Waals surface area contributed by atoms with Gasteiger partial charge < -0.3 is 5.11 Å². The first-order valence-electron chi connectivity index (χ1n) is 5.75. The quantitative estimate of drug-likeness (QED) is 0.865. The van der Waals surface area contributed by atoms with Gasteiger partial charge in [-0.25, -0.2) is 19.7 Å². The second-order valence-corrected chi connectivity index (χ2v) is 5.27. The Morgan fingerprint density at radius 3 is 2.63 bits per heavy atom. The number of carboxylic acid groups (broad SMARTS) is 1. The smallest absolute Gasteiger partial charge is 0.335 e. The van der Waals surface area contributed by atoms with Gasteiger partial charge in [0.1, 0.15) is 16.4 Å². The van der Waals surface area contributed by atoms with Crippen molar-refractivity contribution in [1.29, 1.82) is 0 Å². The third-order valence-corrected chi connectivity index (χ3v) is 3.31. The van der Waals surface area contributed by atoms with Crippen LogP contribution in [0.2, 0.25) is 0 Å². The van der Waals surface area contributed by atoms with Gasteiger partial charge in [-0.15, -0.1) is 0 Å². The molecular formula is C13H13N3O2S. The van der Waals surface area contributed by atoms with Crippen molar-refractivity contribution in [2.75, 3.05) is 0 Å². The number of pyridine rings is 1. The summed E-state index contributed by atoms with van der Waals surface area (Å²) in [5.74, 6) is -0.643. The fourth-order valence-corrected chi connectivity index (χ4v) is 2.22. The minimum Gasteiger partial charge on any atom is -0.478 e. The molecule has 0 aromatic carbocycles. The van der Waals surface area contributed by atoms with E-state index >= 15 is 0 Å². The highest BCUT2D eigenvalue weighted by Gasteiger charge is 2.08. The second kappa shape index (κ2) is 5.79. The molecule has 0 saturated carbocycles. The van der Waals surface area contributed by atoms with E-state index in [0.29, 0.717) is 10.9 Å². The van der Waals surface area contributed by atoms with Crippen LogP contribution in [0.1, 0.15) is 35.8 Å². The van der Waals surface area contributed by atoms with Crippen molar-refractivity contribution in [2.24, 2.45) is 0 Å². The summed E-state index contributed by atoms with van der Waals surface area (Å²) in [6, 6.07) is 4.89. The molecule has 2 aromatic heterocycles. The maximum Gasteiger partial charge on any atom is 0.335 e. The molecule has 0 spiro atoms. The molecule has 2 rings (SSSR count). The summed E-state index contributed by atoms with van der Waals surface area (Å²) in [5.41, 5.74) is 1.17. The van der Waals surface area contributed by atoms with Crippen LogP contribution in [0.15, 0.2) is 40.8 Å². The van der Waals surface area contributed by atoms with Crippen LogP contribution in [-0.2, 0) is 0 Å². The van der Waals surface area contributed by atoms with E-state index in [1.54, 1.807) is 0 Å². The summed E-state index contributed by atoms with van der Waals surface area (Å²) in [6.07, 6.45) is 3.00. The summed E-state index contributed by atoms with van der Waals surface area (Å²) in [6.45, 7) is 4.11. The van der Waals surface area contributed by atoms with Crippen molar-refractivity contribution >= 4 is 17.7 Å². The molecule has 0 atom stereocenters. The van der Waals surface area contributed by atoms with E-state index in [9.17, 15) is 4.79 Å². The zero-order valence-corrected chi connectivity index (χ0v) is 11.4. The molecule has 0 aliphatic carbocycles. The van der Waals surface area contributed by atoms with Crippen LogP contribution in [0, 0.1) is 0 Å². The van der Waals surface area contributed by atoms with Gasteiger partial charge in [0.25, 0.3) is 0 Å². The number of hydrogen-bond acceptors (Lipinski definition) is 5. The van der Waals surface area contributed by atoms with Crippen molar-refractivity contribution in [3.63, 3.8) is 0 Å². The predicted molar refractivity (Wildman–Crippen MR) is 71.4 cm³/mol. The monoisotopic (exact) mass is 275 g/mol. The first-order valence-corrected chi connectivity index (χ1v) is 6.57. The van der Waals surface area contributed by atoms with E-state index in [1.807, 2.05) is 6.07 Å². The highest BCUT2D eigenvalue weighted by molar-refractivity contribution is 7.99. The molecule has 1 N–H and O–H groups in total. The lowest BCUT2D eigenvalue weighted by molar-refractivity contribution is 0.0696. The van der Waals surface area contributed by atoms with Gasteiger partial charge in [-0.1, -0.05) is 13.8 Å². The van der Waals surface area contributed by atoms with E-state index in [2.05, 4.69) is 28.8 Å². The lowest BCUT2D eigenvalue weighted by Gasteiger charge is -2.05. The Morgan fingerprint density at radius 2 is 1.95 bits per heavy atom. The Labute approximate surface area is 115 Å². The summed E-state index contributed by atoms with van der Waals surface area (Å²) >= 11 is 1.33. The number of nitrogens with zero attached hydrogens (tertiary/aromatic N) is 3. The molecule has 0 amide bonds. The summed E-state index contributed by atoms with van der Waals surface area (Å²) in [4.78, 5) is 23.4. The second-order valence-electron chi connectivity index (χ2n) is 4.23. The van der Waals surface area contributed by atoms with Crippen molar-refractivity contribution in [1.82, 2.24) is 15.0 Å². The van der Waals surface area contributed by atoms with Crippen molar-refractivity contribution in [2.45, 2.75) is 29.8 Å². The van der Waals surface area contributed by atoms with Crippen LogP contribution >= 0.6 is 11.8 Å². The Balaban J connectivity index is 2.23. The third-order valence-electron chi connectivity index (χ3n) is 2.45. The highest BCUT2D eigenvalue weighted by Crippen LogP contribution is 2.26. The maximum atomic E-state index is 10.9. The Morgan fingerprint density at radius 1 is 1.21 bits per heavy atom. The van der Waals surface area contributed by atoms with Crippen molar-refractivity contribution in [3.8, 4) is 0 Å². The van der Waals surface area contributed by atoms with Crippen molar-refractivity contribution in [3.05, 3.63) is 42.0 Å². The van der Waals surface area contributed by atoms with Gasteiger partial charge in [0.2, 0.25) is 0 Å². The fourth-order valence-electron chi connectivity index (χ4n) is 1.43. The number of rotatable bonds is 4. The number of hydrogen-bond donors (Lipinski definition) is 1. The number of carboxylic acids is 1. The number of aromatic nitrogens is 3. The minimum absolute atomic E-state index is 0.218. The molecule has 2 aromatic rings. The van der Waals surface area contributed by atoms with Gasteiger partial charge in [-0.3, -0.25) is 0 Å². The van der Waals surface area contributed by atoms with Crippen LogP contribution in [0.4, 0.5) is 0 Å². The fraction of sp³-hybridized carbons (Fsp3) is 0.231. The van der Waals surface area contributed by atoms with Crippen LogP contribution < -0.4 is 0 Å². The van der Waals surface area contributed by atoms with Gasteiger partial charge in [0, 0.05) is 11.9 Å². The molecule has 0 saturated heterocycles. The van der Waals surface area contributed by atoms with E-state index < -0.39 is 5.97 Å². The molecule has 0 aliphatic rings. The zero-order valence-electron chi connectivity index (χ0n) is 10.6. The summed E-state index contributed by atoms with van der Waals surface area (Å²) in [7, 11) is 0. The molecule has 0 aliphatic heterocycles. The topological polar surface area (TPSA) is 76.0 Å². The van der Waals surface area contributed by atoms with Gasteiger partial charge in [0.15, 0.2) is 0 Å². The Kier molecular flexibility index (Phi) is 4.11. The SMILES string of the molecule is CC(C)c1cc(Sc2cc(C(=O)O)ccn2)ncn1. The normalized spacial score (nSPS) is 10.7. The number of carbonyl (C=O) groups is 1. The molecule has 19 heavy (non-hydrogen) atoms. The lowest BCUT2D eigenvalue weighted by Crippen LogP contribution is -1.97. The maximum absolute atomic E-state index is 10.9. The molecular weight excluding hydrogens is 262 g/mol. The van der Waals surface area contributed by atoms with Crippen LogP contribution in [0.3, 0.4) is 0 Å². The Hall–Kier alpha value is -1.95. The van der Waals surface area contributed by atoms with Crippen LogP contribution in [0.25, 0.3) is 0 Å². The molecule has 98 valence electrons. The molecule has 0 unspecified atom stereocenters. The summed E-state index contributed by atoms with van der Waals surface area (Å²) in [5, 5.41) is 10.3. The van der Waals surface area contributed by atoms with E-state index in [1.165, 1.54) is 36.4 Å². The highest BCUT2D eigenvalue weighted by atomic mass is 32.2. The van der Waals surface area contributed by atoms with Crippen LogP contribution in [-0.4, -0.2) is 26.0 Å². The lowest BCUT2D eigenvalue weighted by atomic mass is 10.1. The Bertz CT molecular complexity index is 602. The van der Waals surface area contributed by atoms with Gasteiger partial charge in [-0.2, -0.15) is 0 Å². The zero-order chi connectivity index (χ0) is 13.8. The largest absolute Gasteiger partial charge is 0.478 e. The predicted octanol–water partition coefficient (Wildman–Crippen LogP) is 2.84. The molecule has 0 bridgehead atoms. The van der Waals surface area contributed by atoms with Gasteiger partial charge in [-0.05, 0) is 35.9 Å². The average molecular weight is 275 g/mol. The molecule has 2 heterocycles. The van der Waals surface area contributed by atoms with Crippen molar-refractivity contribution < 1.29 is 9.90 Å². The van der Waals surface area contributed by atoms with E-state index in [4.69, 9.17) is 5.11 Å². The van der Waals surface area contributed by atoms with Gasteiger partial charge >= 0.3 is 5.97 Å². The minimum atomic E-state index is -0.963.